The molecular weight excluding hydrogens is 746 g/mol. The molecule has 55 heavy (non-hydrogen) atoms. The van der Waals surface area contributed by atoms with Gasteiger partial charge in [0.05, 0.1) is 24.6 Å². The first kappa shape index (κ1) is 36.4. The first-order valence-electron chi connectivity index (χ1n) is 18.4. The lowest BCUT2D eigenvalue weighted by molar-refractivity contribution is -0.136. The summed E-state index contributed by atoms with van der Waals surface area (Å²) < 4.78 is 16.3. The topological polar surface area (TPSA) is 182 Å². The van der Waals surface area contributed by atoms with Crippen LogP contribution >= 0.6 is 22.9 Å². The molecule has 2 aromatic heterocycles. The first-order valence-corrected chi connectivity index (χ1v) is 19.1. The van der Waals surface area contributed by atoms with E-state index in [9.17, 15) is 28.8 Å². The zero-order valence-electron chi connectivity index (χ0n) is 31.4. The fraction of sp³-hybridized carbons (Fsp3) is 0.359. The number of hydrogen-bond acceptors (Lipinski definition) is 11. The van der Waals surface area contributed by atoms with E-state index in [1.807, 2.05) is 41.1 Å². The molecule has 0 saturated carbocycles. The Balaban J connectivity index is 0.912. The molecule has 14 nitrogen and oxygen atoms in total. The van der Waals surface area contributed by atoms with Gasteiger partial charge >= 0.3 is 0 Å². The van der Waals surface area contributed by atoms with Gasteiger partial charge in [-0.1, -0.05) is 36.2 Å². The molecular formula is C39H38ClN7O7S. The molecule has 5 heterocycles. The van der Waals surface area contributed by atoms with Crippen molar-refractivity contribution in [2.45, 2.75) is 77.8 Å². The Morgan fingerprint density at radius 3 is 2.56 bits per heavy atom. The van der Waals surface area contributed by atoms with E-state index in [1.54, 1.807) is 11.3 Å². The van der Waals surface area contributed by atoms with Crippen LogP contribution in [0.5, 0.6) is 5.75 Å². The maximum atomic E-state index is 13.4. The number of piperidine rings is 1. The average Bonchev–Trinajstić information content (AvgIpc) is 3.75. The molecule has 1 fully saturated rings. The summed E-state index contributed by atoms with van der Waals surface area (Å²) in [6.45, 7) is 6.06. The van der Waals surface area contributed by atoms with E-state index in [1.165, 1.54) is 18.2 Å². The molecule has 0 radical (unpaired) electrons. The van der Waals surface area contributed by atoms with Crippen LogP contribution in [0.1, 0.15) is 106 Å². The molecule has 4 aromatic rings. The average molecular weight is 785 g/mol. The van der Waals surface area contributed by atoms with Gasteiger partial charge in [-0.05, 0) is 69.9 Å². The van der Waals surface area contributed by atoms with Crippen LogP contribution in [-0.4, -0.2) is 79.9 Å². The minimum absolute atomic E-state index is 0.0112. The van der Waals surface area contributed by atoms with Crippen LogP contribution in [0.3, 0.4) is 0 Å². The maximum Gasteiger partial charge on any atom is 0.266 e. The van der Waals surface area contributed by atoms with E-state index in [-0.39, 0.29) is 60.9 Å². The Morgan fingerprint density at radius 1 is 1.02 bits per heavy atom. The van der Waals surface area contributed by atoms with Gasteiger partial charge in [-0.3, -0.25) is 48.5 Å². The Hall–Kier alpha value is -5.54. The van der Waals surface area contributed by atoms with E-state index in [2.05, 4.69) is 29.4 Å². The number of ketones is 1. The van der Waals surface area contributed by atoms with Crippen LogP contribution in [0.25, 0.3) is 5.00 Å². The number of carbonyl (C=O) groups is 6. The number of imide groups is 2. The molecule has 2 unspecified atom stereocenters. The predicted octanol–water partition coefficient (Wildman–Crippen LogP) is 4.92. The van der Waals surface area contributed by atoms with Gasteiger partial charge in [-0.2, -0.15) is 0 Å². The number of thiophene rings is 1. The monoisotopic (exact) mass is 784 g/mol. The van der Waals surface area contributed by atoms with Gasteiger partial charge in [0.25, 0.3) is 11.8 Å². The summed E-state index contributed by atoms with van der Waals surface area (Å²) in [7, 11) is 0. The van der Waals surface area contributed by atoms with Crippen molar-refractivity contribution in [1.82, 2.24) is 30.3 Å². The smallest absolute Gasteiger partial charge is 0.266 e. The Bertz CT molecular complexity index is 2340. The molecule has 0 bridgehead atoms. The third kappa shape index (κ3) is 7.45. The summed E-state index contributed by atoms with van der Waals surface area (Å²) in [4.78, 5) is 83.5. The number of ether oxygens (including phenoxy) is 1. The maximum absolute atomic E-state index is 13.4. The zero-order valence-corrected chi connectivity index (χ0v) is 31.9. The summed E-state index contributed by atoms with van der Waals surface area (Å²) >= 11 is 7.85. The molecule has 2 aromatic carbocycles. The molecule has 3 aliphatic rings. The van der Waals surface area contributed by atoms with Crippen LogP contribution in [0, 0.1) is 20.8 Å². The highest BCUT2D eigenvalue weighted by Gasteiger charge is 2.46. The quantitative estimate of drug-likeness (QED) is 0.141. The number of aliphatic imine (C=N–C) groups is 1. The molecule has 1 saturated heterocycles. The van der Waals surface area contributed by atoms with E-state index < -0.39 is 35.7 Å². The van der Waals surface area contributed by atoms with Crippen molar-refractivity contribution in [2.75, 3.05) is 13.2 Å². The van der Waals surface area contributed by atoms with Crippen LogP contribution in [0.4, 0.5) is 0 Å². The van der Waals surface area contributed by atoms with Crippen molar-refractivity contribution in [2.24, 2.45) is 4.99 Å². The van der Waals surface area contributed by atoms with E-state index in [0.717, 1.165) is 32.3 Å². The number of fused-ring (bicyclic) bond motifs is 4. The normalized spacial score (nSPS) is 19.2. The van der Waals surface area contributed by atoms with Crippen molar-refractivity contribution >= 4 is 64.0 Å². The molecule has 0 aliphatic carbocycles. The standard InChI is InChI=1S/C39H38ClN7O7S/c1-20-21(2)55-39-32(20)34(23-11-13-24(40)14-12-23)42-27(35-45-44-22(3)46(35)39)18-31(50)41-17-6-4-5-8-25(48)19-54-29-10-7-9-26-33(29)38(53)47(37(26)52)28-15-16-30(49)43-36(28)51/h7,9-14,27-28H,4-6,8,15-19H2,1-3H3,(H,41,50)(H,43,49,51)/i28D. The first-order chi connectivity index (χ1) is 26.8. The van der Waals surface area contributed by atoms with Crippen molar-refractivity contribution in [3.05, 3.63) is 91.8 Å². The number of aryl methyl sites for hydroxylation is 2. The Kier molecular flexibility index (Phi) is 10.4. The number of amides is 5. The lowest BCUT2D eigenvalue weighted by Crippen LogP contribution is -2.54. The van der Waals surface area contributed by atoms with Gasteiger partial charge in [0.15, 0.2) is 11.6 Å². The number of nitrogens with zero attached hydrogens (tertiary/aromatic N) is 5. The molecule has 5 amide bonds. The van der Waals surface area contributed by atoms with Gasteiger partial charge in [0, 0.05) is 40.4 Å². The van der Waals surface area contributed by atoms with Gasteiger partial charge in [0.2, 0.25) is 17.7 Å². The number of carbonyl (C=O) groups excluding carboxylic acids is 6. The summed E-state index contributed by atoms with van der Waals surface area (Å²) in [5.74, 6) is -2.54. The predicted molar refractivity (Wildman–Crippen MR) is 203 cm³/mol. The number of rotatable bonds is 13. The number of aromatic nitrogens is 3. The van der Waals surface area contributed by atoms with Gasteiger partial charge in [0.1, 0.15) is 35.2 Å². The number of hydrogen-bond donors (Lipinski definition) is 2. The number of unbranched alkanes of at least 4 members (excludes halogenated alkanes) is 2. The lowest BCUT2D eigenvalue weighted by atomic mass is 9.99. The van der Waals surface area contributed by atoms with Crippen LogP contribution in [0.15, 0.2) is 47.5 Å². The van der Waals surface area contributed by atoms with Crippen molar-refractivity contribution in [1.29, 1.82) is 0 Å². The SMILES string of the molecule is [2H]C1(N2C(=O)c3cccc(OCC(=O)CCCCCNC(=O)CC4N=C(c5ccc(Cl)cc5)c5c(sc(C)c5C)-n5c(C)nnc54)c3C2=O)CCC(=O)NC1=O. The molecule has 3 aliphatic heterocycles. The van der Waals surface area contributed by atoms with Crippen molar-refractivity contribution in [3.8, 4) is 10.8 Å². The molecule has 2 atom stereocenters. The second-order valence-corrected chi connectivity index (χ2v) is 15.2. The summed E-state index contributed by atoms with van der Waals surface area (Å²) in [5, 5.41) is 15.4. The van der Waals surface area contributed by atoms with Crippen molar-refractivity contribution < 1.29 is 34.9 Å². The minimum Gasteiger partial charge on any atom is -0.485 e. The third-order valence-corrected chi connectivity index (χ3v) is 11.3. The second kappa shape index (κ2) is 15.7. The fourth-order valence-electron chi connectivity index (χ4n) is 6.90. The van der Waals surface area contributed by atoms with E-state index >= 15 is 0 Å². The van der Waals surface area contributed by atoms with Gasteiger partial charge in [-0.15, -0.1) is 21.5 Å². The van der Waals surface area contributed by atoms with Gasteiger partial charge < -0.3 is 10.1 Å². The number of benzene rings is 2. The summed E-state index contributed by atoms with van der Waals surface area (Å²) in [6.07, 6.45) is 1.53. The Labute approximate surface area is 326 Å². The zero-order chi connectivity index (χ0) is 39.9. The van der Waals surface area contributed by atoms with Gasteiger partial charge in [-0.25, -0.2) is 0 Å². The van der Waals surface area contributed by atoms with Crippen LogP contribution < -0.4 is 15.4 Å². The molecule has 2 N–H and O–H groups in total. The Morgan fingerprint density at radius 2 is 1.80 bits per heavy atom. The number of halogens is 1. The van der Waals surface area contributed by atoms with E-state index in [4.69, 9.17) is 22.7 Å². The fourth-order valence-corrected chi connectivity index (χ4v) is 8.24. The molecule has 16 heteroatoms. The highest BCUT2D eigenvalue weighted by Crippen LogP contribution is 2.40. The van der Waals surface area contributed by atoms with Crippen molar-refractivity contribution in [3.63, 3.8) is 0 Å². The van der Waals surface area contributed by atoms with Crippen LogP contribution in [-0.2, 0) is 19.2 Å². The van der Waals surface area contributed by atoms with Crippen LogP contribution in [0.2, 0.25) is 5.02 Å². The highest BCUT2D eigenvalue weighted by atomic mass is 35.5. The number of nitrogens with one attached hydrogen (secondary N) is 2. The summed E-state index contributed by atoms with van der Waals surface area (Å²) in [6, 6.07) is 8.92. The molecule has 284 valence electrons. The highest BCUT2D eigenvalue weighted by molar-refractivity contribution is 7.15. The third-order valence-electron chi connectivity index (χ3n) is 9.83. The summed E-state index contributed by atoms with van der Waals surface area (Å²) in [5.41, 5.74) is 3.55. The lowest BCUT2D eigenvalue weighted by Gasteiger charge is -2.27. The molecule has 0 spiro atoms. The molecule has 7 rings (SSSR count). The van der Waals surface area contributed by atoms with E-state index in [0.29, 0.717) is 47.4 Å². The minimum atomic E-state index is -2.29. The second-order valence-electron chi connectivity index (χ2n) is 13.5. The largest absolute Gasteiger partial charge is 0.485 e. The number of Topliss-reactive ketones (excluding diaryl/α,β-unsaturated/α-hetero) is 1.